The molecular weight excluding hydrogens is 505 g/mol. The molecule has 1 aliphatic heterocycles. The van der Waals surface area contributed by atoms with Crippen molar-refractivity contribution in [2.24, 2.45) is 5.92 Å². The molecule has 5 rings (SSSR count). The topological polar surface area (TPSA) is 107 Å². The Hall–Kier alpha value is -3.89. The summed E-state index contributed by atoms with van der Waals surface area (Å²) in [5.74, 6) is 0.703. The van der Waals surface area contributed by atoms with Crippen molar-refractivity contribution in [3.8, 4) is 5.75 Å². The summed E-state index contributed by atoms with van der Waals surface area (Å²) in [6.07, 6.45) is 4.05. The minimum absolute atomic E-state index is 0.224. The van der Waals surface area contributed by atoms with E-state index >= 15 is 0 Å². The Kier molecular flexibility index (Phi) is 6.86. The smallest absolute Gasteiger partial charge is 0.407 e. The first-order valence-electron chi connectivity index (χ1n) is 13.2. The van der Waals surface area contributed by atoms with Crippen LogP contribution in [0.15, 0.2) is 36.7 Å². The van der Waals surface area contributed by atoms with Crippen LogP contribution >= 0.6 is 0 Å². The number of halogens is 1. The van der Waals surface area contributed by atoms with Crippen LogP contribution in [0.1, 0.15) is 63.4 Å². The Morgan fingerprint density at radius 2 is 2.08 bits per heavy atom. The van der Waals surface area contributed by atoms with E-state index in [1.54, 1.807) is 44.5 Å². The molecule has 2 fully saturated rings. The maximum Gasteiger partial charge on any atom is 0.407 e. The molecule has 1 N–H and O–H groups in total. The summed E-state index contributed by atoms with van der Waals surface area (Å²) in [7, 11) is 0. The average Bonchev–Trinajstić information content (AvgIpc) is 3.24. The molecule has 0 unspecified atom stereocenters. The molecule has 1 aliphatic carbocycles. The van der Waals surface area contributed by atoms with Gasteiger partial charge in [0, 0.05) is 18.3 Å². The SMILES string of the molecule is CCOC(=O)c1cnn2ccc(N3CC[C@H]4C[C@]43c3cc(F)ccc3O[C@H](C)CNC(=O)OC(C)(C)C)nc12. The molecule has 1 saturated carbocycles. The number of rotatable bonds is 8. The van der Waals surface area contributed by atoms with Crippen molar-refractivity contribution in [2.45, 2.75) is 64.7 Å². The van der Waals surface area contributed by atoms with E-state index in [4.69, 9.17) is 19.2 Å². The van der Waals surface area contributed by atoms with E-state index in [-0.39, 0.29) is 19.0 Å². The van der Waals surface area contributed by atoms with Crippen molar-refractivity contribution < 1.29 is 28.2 Å². The van der Waals surface area contributed by atoms with Gasteiger partial charge in [0.2, 0.25) is 0 Å². The molecule has 0 radical (unpaired) electrons. The van der Waals surface area contributed by atoms with Gasteiger partial charge in [0.15, 0.2) is 5.65 Å². The van der Waals surface area contributed by atoms with E-state index in [9.17, 15) is 14.0 Å². The maximum absolute atomic E-state index is 14.6. The van der Waals surface area contributed by atoms with Crippen LogP contribution in [-0.4, -0.2) is 58.1 Å². The van der Waals surface area contributed by atoms with E-state index in [2.05, 4.69) is 15.3 Å². The summed E-state index contributed by atoms with van der Waals surface area (Å²) >= 11 is 0. The lowest BCUT2D eigenvalue weighted by Crippen LogP contribution is -2.38. The van der Waals surface area contributed by atoms with Crippen molar-refractivity contribution in [1.82, 2.24) is 19.9 Å². The average molecular weight is 540 g/mol. The fourth-order valence-corrected chi connectivity index (χ4v) is 5.37. The first-order valence-corrected chi connectivity index (χ1v) is 13.2. The highest BCUT2D eigenvalue weighted by molar-refractivity contribution is 5.95. The number of nitrogens with one attached hydrogen (secondary N) is 1. The monoisotopic (exact) mass is 539 g/mol. The normalized spacial score (nSPS) is 20.9. The minimum atomic E-state index is -0.602. The highest BCUT2D eigenvalue weighted by Gasteiger charge is 2.64. The van der Waals surface area contributed by atoms with Gasteiger partial charge in [0.25, 0.3) is 0 Å². The van der Waals surface area contributed by atoms with Crippen LogP contribution in [0, 0.1) is 11.7 Å². The zero-order valence-corrected chi connectivity index (χ0v) is 22.9. The number of carbonyl (C=O) groups is 2. The predicted octanol–water partition coefficient (Wildman–Crippen LogP) is 4.46. The number of fused-ring (bicyclic) bond motifs is 2. The van der Waals surface area contributed by atoms with E-state index in [0.29, 0.717) is 28.7 Å². The summed E-state index contributed by atoms with van der Waals surface area (Å²) in [6, 6.07) is 6.40. The summed E-state index contributed by atoms with van der Waals surface area (Å²) < 4.78 is 32.9. The molecule has 1 amide bonds. The summed E-state index contributed by atoms with van der Waals surface area (Å²) in [5, 5.41) is 6.95. The van der Waals surface area contributed by atoms with Crippen molar-refractivity contribution in [3.05, 3.63) is 53.6 Å². The number of benzene rings is 1. The number of aromatic nitrogens is 3. The third kappa shape index (κ3) is 5.22. The molecule has 208 valence electrons. The molecule has 0 spiro atoms. The van der Waals surface area contributed by atoms with E-state index in [1.165, 1.54) is 18.3 Å². The van der Waals surface area contributed by atoms with Crippen molar-refractivity contribution in [2.75, 3.05) is 24.6 Å². The third-order valence-electron chi connectivity index (χ3n) is 7.05. The molecule has 0 bridgehead atoms. The number of nitrogens with zero attached hydrogens (tertiary/aromatic N) is 4. The fourth-order valence-electron chi connectivity index (χ4n) is 5.37. The van der Waals surface area contributed by atoms with Gasteiger partial charge in [-0.15, -0.1) is 0 Å². The Balaban J connectivity index is 1.41. The number of ether oxygens (including phenoxy) is 3. The molecule has 3 aromatic rings. The molecule has 1 saturated heterocycles. The van der Waals surface area contributed by atoms with E-state index < -0.39 is 29.3 Å². The number of hydrogen-bond donors (Lipinski definition) is 1. The van der Waals surface area contributed by atoms with Gasteiger partial charge < -0.3 is 24.4 Å². The van der Waals surface area contributed by atoms with Crippen LogP contribution in [0.4, 0.5) is 15.0 Å². The number of amides is 1. The zero-order chi connectivity index (χ0) is 27.9. The second-order valence-electron chi connectivity index (χ2n) is 11.0. The summed E-state index contributed by atoms with van der Waals surface area (Å²) in [4.78, 5) is 31.5. The van der Waals surface area contributed by atoms with Crippen LogP contribution < -0.4 is 15.0 Å². The van der Waals surface area contributed by atoms with E-state index in [0.717, 1.165) is 24.9 Å². The second kappa shape index (κ2) is 10.0. The predicted molar refractivity (Wildman–Crippen MR) is 141 cm³/mol. The molecular formula is C28H34FN5O5. The molecule has 2 aliphatic rings. The standard InChI is InChI=1S/C28H34FN5O5/c1-6-37-25(35)20-16-31-34-12-10-23(32-24(20)34)33-11-9-18-14-28(18,33)21-13-19(29)7-8-22(21)38-17(2)15-30-26(36)39-27(3,4)5/h7-8,10,12-13,16-18H,6,9,11,14-15H2,1-5H3,(H,30,36)/t17-,18+,28-/m1/s1. The summed E-state index contributed by atoms with van der Waals surface area (Å²) in [6.45, 7) is 10.2. The molecule has 2 aromatic heterocycles. The van der Waals surface area contributed by atoms with Crippen LogP contribution in [-0.2, 0) is 15.0 Å². The number of esters is 1. The maximum atomic E-state index is 14.6. The van der Waals surface area contributed by atoms with Crippen LogP contribution in [0.5, 0.6) is 5.75 Å². The lowest BCUT2D eigenvalue weighted by molar-refractivity contribution is 0.0501. The Morgan fingerprint density at radius 3 is 2.79 bits per heavy atom. The van der Waals surface area contributed by atoms with Gasteiger partial charge in [0.1, 0.15) is 34.7 Å². The zero-order valence-electron chi connectivity index (χ0n) is 22.9. The van der Waals surface area contributed by atoms with Crippen LogP contribution in [0.3, 0.4) is 0 Å². The molecule has 1 aromatic carbocycles. The second-order valence-corrected chi connectivity index (χ2v) is 11.0. The number of anilines is 1. The van der Waals surface area contributed by atoms with Gasteiger partial charge >= 0.3 is 12.1 Å². The Morgan fingerprint density at radius 1 is 1.28 bits per heavy atom. The highest BCUT2D eigenvalue weighted by Crippen LogP contribution is 2.65. The number of carbonyl (C=O) groups excluding carboxylic acids is 2. The van der Waals surface area contributed by atoms with Gasteiger partial charge in [0.05, 0.1) is 24.9 Å². The number of alkyl carbamates (subject to hydrolysis) is 1. The first-order chi connectivity index (χ1) is 18.5. The van der Waals surface area contributed by atoms with Gasteiger partial charge in [-0.05, 0) is 77.6 Å². The molecule has 10 nitrogen and oxygen atoms in total. The van der Waals surface area contributed by atoms with Gasteiger partial charge in [-0.2, -0.15) is 5.10 Å². The Labute approximate surface area is 226 Å². The van der Waals surface area contributed by atoms with Crippen molar-refractivity contribution >= 4 is 23.5 Å². The lowest BCUT2D eigenvalue weighted by atomic mass is 10.0. The van der Waals surface area contributed by atoms with Crippen molar-refractivity contribution in [1.29, 1.82) is 0 Å². The third-order valence-corrected chi connectivity index (χ3v) is 7.05. The number of hydrogen-bond acceptors (Lipinski definition) is 8. The summed E-state index contributed by atoms with van der Waals surface area (Å²) in [5.41, 5.74) is 0.360. The van der Waals surface area contributed by atoms with E-state index in [1.807, 2.05) is 13.0 Å². The molecule has 39 heavy (non-hydrogen) atoms. The van der Waals surface area contributed by atoms with Crippen molar-refractivity contribution in [3.63, 3.8) is 0 Å². The highest BCUT2D eigenvalue weighted by atomic mass is 19.1. The molecule has 11 heteroatoms. The first kappa shape index (κ1) is 26.7. The fraction of sp³-hybridized carbons (Fsp3) is 0.500. The quantitative estimate of drug-likeness (QED) is 0.418. The van der Waals surface area contributed by atoms with Gasteiger partial charge in [-0.3, -0.25) is 0 Å². The van der Waals surface area contributed by atoms with Crippen LogP contribution in [0.25, 0.3) is 5.65 Å². The number of piperidine rings is 1. The van der Waals surface area contributed by atoms with Crippen LogP contribution in [0.2, 0.25) is 0 Å². The molecule has 3 atom stereocenters. The Bertz CT molecular complexity index is 1400. The molecule has 3 heterocycles. The lowest BCUT2D eigenvalue weighted by Gasteiger charge is -2.32. The van der Waals surface area contributed by atoms with Gasteiger partial charge in [-0.1, -0.05) is 0 Å². The van der Waals surface area contributed by atoms with Gasteiger partial charge in [-0.25, -0.2) is 23.5 Å². The largest absolute Gasteiger partial charge is 0.489 e. The minimum Gasteiger partial charge on any atom is -0.489 e.